The largest absolute Gasteiger partial charge is 0.504 e. The van der Waals surface area contributed by atoms with Crippen LogP contribution in [0.3, 0.4) is 0 Å². The highest BCUT2D eigenvalue weighted by Crippen LogP contribution is 2.45. The fourth-order valence-corrected chi connectivity index (χ4v) is 2.43. The molecule has 0 spiro atoms. The second-order valence-corrected chi connectivity index (χ2v) is 4.85. The van der Waals surface area contributed by atoms with Crippen molar-refractivity contribution >= 4 is 11.5 Å². The summed E-state index contributed by atoms with van der Waals surface area (Å²) in [6.45, 7) is 3.27. The zero-order valence-electron chi connectivity index (χ0n) is 11.3. The zero-order valence-corrected chi connectivity index (χ0v) is 11.3. The lowest BCUT2D eigenvalue weighted by molar-refractivity contribution is -0.132. The van der Waals surface area contributed by atoms with Crippen LogP contribution in [0.5, 0.6) is 17.2 Å². The zero-order chi connectivity index (χ0) is 15.0. The Morgan fingerprint density at radius 3 is 2.35 bits per heavy atom. The molecule has 0 aliphatic heterocycles. The molecule has 1 aromatic rings. The third-order valence-electron chi connectivity index (χ3n) is 3.59. The average molecular weight is 276 g/mol. The van der Waals surface area contributed by atoms with Crippen LogP contribution < -0.4 is 0 Å². The Morgan fingerprint density at radius 2 is 1.75 bits per heavy atom. The van der Waals surface area contributed by atoms with E-state index in [0.717, 1.165) is 0 Å². The maximum absolute atomic E-state index is 11.2. The number of aliphatic carboxylic acids is 1. The molecule has 20 heavy (non-hydrogen) atoms. The van der Waals surface area contributed by atoms with E-state index in [9.17, 15) is 20.1 Å². The van der Waals surface area contributed by atoms with E-state index < -0.39 is 17.5 Å². The molecule has 0 bridgehead atoms. The lowest BCUT2D eigenvalue weighted by Gasteiger charge is -2.19. The van der Waals surface area contributed by atoms with Crippen LogP contribution in [0.15, 0.2) is 23.3 Å². The number of carbonyl (C=O) groups is 1. The highest BCUT2D eigenvalue weighted by Gasteiger charge is 2.23. The predicted molar refractivity (Wildman–Crippen MR) is 73.7 cm³/mol. The Kier molecular flexibility index (Phi) is 3.44. The summed E-state index contributed by atoms with van der Waals surface area (Å²) in [5.41, 5.74) is 2.17. The Balaban J connectivity index is 2.64. The monoisotopic (exact) mass is 276 g/mol. The van der Waals surface area contributed by atoms with E-state index in [1.54, 1.807) is 13.8 Å². The number of hydrogen-bond donors (Lipinski definition) is 4. The van der Waals surface area contributed by atoms with Gasteiger partial charge in [-0.2, -0.15) is 0 Å². The minimum absolute atomic E-state index is 0.298. The summed E-state index contributed by atoms with van der Waals surface area (Å²) in [6.07, 6.45) is 2.82. The number of allylic oxidation sites excluding steroid dienone is 3. The number of carboxylic acids is 1. The number of phenols is 3. The van der Waals surface area contributed by atoms with Gasteiger partial charge in [0.15, 0.2) is 11.5 Å². The smallest absolute Gasteiger partial charge is 0.331 e. The van der Waals surface area contributed by atoms with E-state index in [-0.39, 0.29) is 5.75 Å². The van der Waals surface area contributed by atoms with Crippen molar-refractivity contribution in [3.8, 4) is 17.2 Å². The number of aryl methyl sites for hydroxylation is 1. The summed E-state index contributed by atoms with van der Waals surface area (Å²) in [5.74, 6) is -2.38. The molecular weight excluding hydrogens is 260 g/mol. The van der Waals surface area contributed by atoms with Crippen LogP contribution in [0.1, 0.15) is 30.9 Å². The molecule has 0 saturated carbocycles. The number of aromatic hydroxyl groups is 3. The number of hydrogen-bond acceptors (Lipinski definition) is 4. The van der Waals surface area contributed by atoms with Crippen LogP contribution in [0, 0.1) is 6.92 Å². The summed E-state index contributed by atoms with van der Waals surface area (Å²) in [5, 5.41) is 38.4. The minimum Gasteiger partial charge on any atom is -0.504 e. The first-order chi connectivity index (χ1) is 9.34. The van der Waals surface area contributed by atoms with Crippen molar-refractivity contribution in [3.63, 3.8) is 0 Å². The second-order valence-electron chi connectivity index (χ2n) is 4.85. The number of phenolic OH excluding ortho intramolecular Hbond substituents is 3. The van der Waals surface area contributed by atoms with Crippen molar-refractivity contribution in [1.82, 2.24) is 0 Å². The first kappa shape index (κ1) is 14.0. The van der Waals surface area contributed by atoms with Crippen LogP contribution >= 0.6 is 0 Å². The summed E-state index contributed by atoms with van der Waals surface area (Å²) in [4.78, 5) is 11.2. The number of benzene rings is 1. The molecular formula is C15H16O5. The Labute approximate surface area is 116 Å². The molecule has 5 nitrogen and oxygen atoms in total. The van der Waals surface area contributed by atoms with Gasteiger partial charge in [-0.1, -0.05) is 6.08 Å². The van der Waals surface area contributed by atoms with E-state index in [1.807, 2.05) is 6.08 Å². The molecule has 2 rings (SSSR count). The van der Waals surface area contributed by atoms with Crippen molar-refractivity contribution in [3.05, 3.63) is 34.4 Å². The van der Waals surface area contributed by atoms with Crippen molar-refractivity contribution < 1.29 is 25.2 Å². The molecule has 0 aromatic heterocycles. The van der Waals surface area contributed by atoms with Crippen molar-refractivity contribution in [2.45, 2.75) is 26.7 Å². The van der Waals surface area contributed by atoms with E-state index in [2.05, 4.69) is 0 Å². The van der Waals surface area contributed by atoms with E-state index in [0.29, 0.717) is 40.7 Å². The molecule has 0 unspecified atom stereocenters. The Hall–Kier alpha value is -2.43. The first-order valence-electron chi connectivity index (χ1n) is 6.23. The molecule has 5 heteroatoms. The lowest BCUT2D eigenvalue weighted by Crippen LogP contribution is -2.08. The van der Waals surface area contributed by atoms with Gasteiger partial charge >= 0.3 is 5.97 Å². The van der Waals surface area contributed by atoms with Crippen LogP contribution in [0.4, 0.5) is 0 Å². The van der Waals surface area contributed by atoms with Crippen LogP contribution in [0.25, 0.3) is 5.57 Å². The van der Waals surface area contributed by atoms with Gasteiger partial charge in [0, 0.05) is 11.1 Å². The molecule has 1 aliphatic carbocycles. The molecule has 0 fully saturated rings. The Morgan fingerprint density at radius 1 is 1.10 bits per heavy atom. The molecule has 0 radical (unpaired) electrons. The summed E-state index contributed by atoms with van der Waals surface area (Å²) in [7, 11) is 0. The fraction of sp³-hybridized carbons (Fsp3) is 0.267. The third kappa shape index (κ3) is 2.11. The SMILES string of the molecule is CC1=C(C(=O)O)CCC=C1c1cc(C)c(O)c(O)c1O. The van der Waals surface area contributed by atoms with E-state index in [4.69, 9.17) is 5.11 Å². The highest BCUT2D eigenvalue weighted by atomic mass is 16.4. The maximum atomic E-state index is 11.2. The number of carboxylic acid groups (broad SMARTS) is 1. The normalized spacial score (nSPS) is 15.2. The standard InChI is InChI=1S/C15H16O5/c1-7-6-11(13(17)14(18)12(7)16)9-4-3-5-10(8(9)2)15(19)20/h4,6,16-18H,3,5H2,1-2H3,(H,19,20). The molecule has 4 N–H and O–H groups in total. The molecule has 0 atom stereocenters. The van der Waals surface area contributed by atoms with Gasteiger partial charge in [-0.3, -0.25) is 0 Å². The van der Waals surface area contributed by atoms with Crippen LogP contribution in [0.2, 0.25) is 0 Å². The van der Waals surface area contributed by atoms with Gasteiger partial charge in [0.2, 0.25) is 5.75 Å². The molecule has 106 valence electrons. The van der Waals surface area contributed by atoms with Gasteiger partial charge in [-0.25, -0.2) is 4.79 Å². The molecule has 0 amide bonds. The van der Waals surface area contributed by atoms with Gasteiger partial charge in [0.1, 0.15) is 0 Å². The van der Waals surface area contributed by atoms with Gasteiger partial charge in [-0.15, -0.1) is 0 Å². The topological polar surface area (TPSA) is 98.0 Å². The molecule has 1 aliphatic rings. The second kappa shape index (κ2) is 4.92. The number of rotatable bonds is 2. The summed E-state index contributed by atoms with van der Waals surface area (Å²) >= 11 is 0. The summed E-state index contributed by atoms with van der Waals surface area (Å²) < 4.78 is 0. The highest BCUT2D eigenvalue weighted by molar-refractivity contribution is 5.96. The minimum atomic E-state index is -0.979. The van der Waals surface area contributed by atoms with Crippen molar-refractivity contribution in [2.75, 3.05) is 0 Å². The van der Waals surface area contributed by atoms with Gasteiger partial charge < -0.3 is 20.4 Å². The quantitative estimate of drug-likeness (QED) is 0.622. The van der Waals surface area contributed by atoms with E-state index >= 15 is 0 Å². The van der Waals surface area contributed by atoms with Crippen LogP contribution in [-0.4, -0.2) is 26.4 Å². The Bertz CT molecular complexity index is 653. The molecule has 0 saturated heterocycles. The van der Waals surface area contributed by atoms with Gasteiger partial charge in [0.25, 0.3) is 0 Å². The maximum Gasteiger partial charge on any atom is 0.331 e. The van der Waals surface area contributed by atoms with Crippen molar-refractivity contribution in [1.29, 1.82) is 0 Å². The lowest BCUT2D eigenvalue weighted by atomic mass is 9.86. The van der Waals surface area contributed by atoms with Crippen molar-refractivity contribution in [2.24, 2.45) is 0 Å². The average Bonchev–Trinajstić information content (AvgIpc) is 2.41. The fourth-order valence-electron chi connectivity index (χ4n) is 2.43. The first-order valence-corrected chi connectivity index (χ1v) is 6.23. The molecule has 1 aromatic carbocycles. The van der Waals surface area contributed by atoms with Gasteiger partial charge in [0.05, 0.1) is 0 Å². The van der Waals surface area contributed by atoms with Gasteiger partial charge in [-0.05, 0) is 49.5 Å². The summed E-state index contributed by atoms with van der Waals surface area (Å²) in [6, 6.07) is 1.53. The third-order valence-corrected chi connectivity index (χ3v) is 3.59. The predicted octanol–water partition coefficient (Wildman–Crippen LogP) is 2.69. The molecule has 0 heterocycles. The van der Waals surface area contributed by atoms with Crippen LogP contribution in [-0.2, 0) is 4.79 Å². The van der Waals surface area contributed by atoms with E-state index in [1.165, 1.54) is 6.07 Å².